The van der Waals surface area contributed by atoms with Gasteiger partial charge >= 0.3 is 5.97 Å². The van der Waals surface area contributed by atoms with Gasteiger partial charge < -0.3 is 19.5 Å². The molecule has 0 aliphatic heterocycles. The summed E-state index contributed by atoms with van der Waals surface area (Å²) < 4.78 is 16.2. The van der Waals surface area contributed by atoms with Crippen molar-refractivity contribution in [3.63, 3.8) is 0 Å². The van der Waals surface area contributed by atoms with E-state index in [0.717, 1.165) is 22.6 Å². The number of carbonyl (C=O) groups is 2. The Labute approximate surface area is 250 Å². The maximum Gasteiger partial charge on any atom is 0.338 e. The number of rotatable bonds is 9. The molecule has 0 fully saturated rings. The number of ether oxygens (including phenoxy) is 3. The predicted octanol–water partition coefficient (Wildman–Crippen LogP) is 7.29. The molecule has 4 aromatic carbocycles. The lowest BCUT2D eigenvalue weighted by Crippen LogP contribution is -2.30. The number of carbonyl (C=O) groups excluding carboxylic acids is 2. The summed E-state index contributed by atoms with van der Waals surface area (Å²) in [5.74, 6) is 0.791. The zero-order valence-electron chi connectivity index (χ0n) is 24.8. The molecule has 1 unspecified atom stereocenters. The van der Waals surface area contributed by atoms with Gasteiger partial charge in [0, 0.05) is 16.8 Å². The van der Waals surface area contributed by atoms with Crippen molar-refractivity contribution in [3.05, 3.63) is 102 Å². The molecule has 1 atom stereocenters. The van der Waals surface area contributed by atoms with Crippen LogP contribution in [0.5, 0.6) is 11.5 Å². The fraction of sp³-hybridized carbons (Fsp3) is 0.200. The van der Waals surface area contributed by atoms with Crippen molar-refractivity contribution in [2.75, 3.05) is 19.5 Å². The van der Waals surface area contributed by atoms with Crippen LogP contribution >= 0.6 is 0 Å². The maximum absolute atomic E-state index is 13.1. The van der Waals surface area contributed by atoms with Crippen molar-refractivity contribution in [1.82, 2.24) is 9.97 Å². The Morgan fingerprint density at radius 1 is 0.674 bits per heavy atom. The summed E-state index contributed by atoms with van der Waals surface area (Å²) in [4.78, 5) is 35.7. The number of aromatic nitrogens is 2. The number of nitrogens with zero attached hydrogens (tertiary/aromatic N) is 2. The van der Waals surface area contributed by atoms with E-state index in [4.69, 9.17) is 24.2 Å². The largest absolute Gasteiger partial charge is 0.497 e. The van der Waals surface area contributed by atoms with E-state index in [1.807, 2.05) is 72.8 Å². The molecule has 43 heavy (non-hydrogen) atoms. The highest BCUT2D eigenvalue weighted by molar-refractivity contribution is 5.99. The molecular weight excluding hydrogens is 542 g/mol. The Morgan fingerprint density at radius 3 is 1.72 bits per heavy atom. The van der Waals surface area contributed by atoms with Crippen LogP contribution in [0.1, 0.15) is 42.6 Å². The Morgan fingerprint density at radius 2 is 1.21 bits per heavy atom. The minimum absolute atomic E-state index is 0.264. The van der Waals surface area contributed by atoms with Crippen molar-refractivity contribution in [3.8, 4) is 34.0 Å². The zero-order valence-corrected chi connectivity index (χ0v) is 24.8. The van der Waals surface area contributed by atoms with Crippen LogP contribution in [0.4, 0.5) is 5.69 Å². The molecule has 0 saturated heterocycles. The third-order valence-electron chi connectivity index (χ3n) is 7.12. The maximum atomic E-state index is 13.1. The molecular formula is C35H33N3O5. The van der Waals surface area contributed by atoms with E-state index < -0.39 is 18.0 Å². The van der Waals surface area contributed by atoms with Crippen LogP contribution in [-0.4, -0.2) is 42.2 Å². The van der Waals surface area contributed by atoms with E-state index in [-0.39, 0.29) is 5.56 Å². The van der Waals surface area contributed by atoms with E-state index in [1.165, 1.54) is 5.56 Å². The second kappa shape index (κ2) is 12.7. The predicted molar refractivity (Wildman–Crippen MR) is 168 cm³/mol. The van der Waals surface area contributed by atoms with Crippen LogP contribution in [0.15, 0.2) is 91.0 Å². The molecule has 218 valence electrons. The quantitative estimate of drug-likeness (QED) is 0.184. The second-order valence-corrected chi connectivity index (χ2v) is 10.4. The van der Waals surface area contributed by atoms with Crippen LogP contribution in [-0.2, 0) is 9.53 Å². The van der Waals surface area contributed by atoms with Gasteiger partial charge in [-0.05, 0) is 97.3 Å². The highest BCUT2D eigenvalue weighted by atomic mass is 16.5. The molecule has 0 aliphatic rings. The Bertz CT molecular complexity index is 1750. The molecule has 5 rings (SSSR count). The third-order valence-corrected chi connectivity index (χ3v) is 7.12. The van der Waals surface area contributed by atoms with Crippen molar-refractivity contribution in [2.45, 2.75) is 32.8 Å². The van der Waals surface area contributed by atoms with Crippen LogP contribution in [0.2, 0.25) is 0 Å². The standard InChI is InChI=1S/C35H33N3O5/c1-21(2)23-6-13-27(14-7-23)36-34(39)22(3)43-35(40)26-12-19-30-31(20-26)38-33(25-10-17-29(42-5)18-11-25)32(37-30)24-8-15-28(41-4)16-9-24/h6-22H,1-5H3,(H,36,39). The van der Waals surface area contributed by atoms with Gasteiger partial charge in [0.15, 0.2) is 6.10 Å². The third kappa shape index (κ3) is 6.64. The number of fused-ring (bicyclic) bond motifs is 1. The van der Waals surface area contributed by atoms with Gasteiger partial charge in [0.25, 0.3) is 5.91 Å². The van der Waals surface area contributed by atoms with Crippen molar-refractivity contribution in [2.24, 2.45) is 0 Å². The highest BCUT2D eigenvalue weighted by Crippen LogP contribution is 2.33. The van der Waals surface area contributed by atoms with Crippen molar-refractivity contribution < 1.29 is 23.8 Å². The second-order valence-electron chi connectivity index (χ2n) is 10.4. The Hall–Kier alpha value is -5.24. The number of methoxy groups -OCH3 is 2. The summed E-state index contributed by atoms with van der Waals surface area (Å²) in [5.41, 5.74) is 6.21. The average molecular weight is 576 g/mol. The molecule has 0 bridgehead atoms. The first-order valence-electron chi connectivity index (χ1n) is 14.0. The number of nitrogens with one attached hydrogen (secondary N) is 1. The smallest absolute Gasteiger partial charge is 0.338 e. The summed E-state index contributed by atoms with van der Waals surface area (Å²) >= 11 is 0. The minimum Gasteiger partial charge on any atom is -0.497 e. The molecule has 0 spiro atoms. The van der Waals surface area contributed by atoms with E-state index in [1.54, 1.807) is 39.3 Å². The van der Waals surface area contributed by atoms with Crippen LogP contribution in [0.3, 0.4) is 0 Å². The first-order valence-corrected chi connectivity index (χ1v) is 14.0. The van der Waals surface area contributed by atoms with Crippen molar-refractivity contribution in [1.29, 1.82) is 0 Å². The molecule has 1 amide bonds. The van der Waals surface area contributed by atoms with Gasteiger partial charge in [0.05, 0.1) is 42.2 Å². The van der Waals surface area contributed by atoms with E-state index >= 15 is 0 Å². The molecule has 0 aliphatic carbocycles. The highest BCUT2D eigenvalue weighted by Gasteiger charge is 2.21. The van der Waals surface area contributed by atoms with Gasteiger partial charge in [-0.25, -0.2) is 14.8 Å². The molecule has 8 heteroatoms. The van der Waals surface area contributed by atoms with E-state index in [0.29, 0.717) is 34.0 Å². The van der Waals surface area contributed by atoms with Crippen molar-refractivity contribution >= 4 is 28.6 Å². The molecule has 1 aromatic heterocycles. The average Bonchev–Trinajstić information content (AvgIpc) is 3.04. The van der Waals surface area contributed by atoms with Gasteiger partial charge in [-0.2, -0.15) is 0 Å². The normalized spacial score (nSPS) is 11.7. The molecule has 1 N–H and O–H groups in total. The summed E-state index contributed by atoms with van der Waals surface area (Å²) in [5, 5.41) is 2.80. The zero-order chi connectivity index (χ0) is 30.5. The molecule has 5 aromatic rings. The minimum atomic E-state index is -1.01. The lowest BCUT2D eigenvalue weighted by Gasteiger charge is -2.15. The lowest BCUT2D eigenvalue weighted by molar-refractivity contribution is -0.123. The summed E-state index contributed by atoms with van der Waals surface area (Å²) in [6.45, 7) is 5.75. The first kappa shape index (κ1) is 29.3. The van der Waals surface area contributed by atoms with Crippen LogP contribution in [0, 0.1) is 0 Å². The SMILES string of the molecule is COc1ccc(-c2nc3ccc(C(=O)OC(C)C(=O)Nc4ccc(C(C)C)cc4)cc3nc2-c2ccc(OC)cc2)cc1. The molecule has 1 heterocycles. The molecule has 8 nitrogen and oxygen atoms in total. The van der Waals surface area contributed by atoms with Gasteiger partial charge in [-0.3, -0.25) is 4.79 Å². The molecule has 0 radical (unpaired) electrons. The van der Waals surface area contributed by atoms with Gasteiger partial charge in [0.1, 0.15) is 11.5 Å². The monoisotopic (exact) mass is 575 g/mol. The fourth-order valence-corrected chi connectivity index (χ4v) is 4.56. The Balaban J connectivity index is 1.41. The topological polar surface area (TPSA) is 99.6 Å². The van der Waals surface area contributed by atoms with Gasteiger partial charge in [0.2, 0.25) is 0 Å². The number of amides is 1. The van der Waals surface area contributed by atoms with E-state index in [2.05, 4.69) is 19.2 Å². The summed E-state index contributed by atoms with van der Waals surface area (Å²) in [7, 11) is 3.23. The summed E-state index contributed by atoms with van der Waals surface area (Å²) in [6, 6.07) is 27.7. The van der Waals surface area contributed by atoms with Gasteiger partial charge in [-0.15, -0.1) is 0 Å². The van der Waals surface area contributed by atoms with Crippen LogP contribution < -0.4 is 14.8 Å². The number of hydrogen-bond acceptors (Lipinski definition) is 7. The fourth-order valence-electron chi connectivity index (χ4n) is 4.56. The Kier molecular flexibility index (Phi) is 8.66. The molecule has 0 saturated carbocycles. The van der Waals surface area contributed by atoms with E-state index in [9.17, 15) is 9.59 Å². The first-order chi connectivity index (χ1) is 20.7. The van der Waals surface area contributed by atoms with Crippen LogP contribution in [0.25, 0.3) is 33.5 Å². The number of hydrogen-bond donors (Lipinski definition) is 1. The number of benzene rings is 4. The summed E-state index contributed by atoms with van der Waals surface area (Å²) in [6.07, 6.45) is -1.01. The number of anilines is 1. The number of esters is 1. The van der Waals surface area contributed by atoms with Gasteiger partial charge in [-0.1, -0.05) is 26.0 Å². The lowest BCUT2D eigenvalue weighted by atomic mass is 10.0.